The first kappa shape index (κ1) is 17.5. The fourth-order valence-electron chi connectivity index (χ4n) is 0. The van der Waals surface area contributed by atoms with Crippen LogP contribution < -0.4 is 51.4 Å². The Hall–Kier alpha value is 2.41. The molecule has 0 aromatic rings. The molecule has 9 heteroatoms. The van der Waals surface area contributed by atoms with E-state index in [4.69, 9.17) is 0 Å². The molecule has 0 bridgehead atoms. The minimum Gasteiger partial charge on any atom is 0.316 e. The molecule has 0 rings (SSSR count). The van der Waals surface area contributed by atoms with Crippen molar-refractivity contribution >= 4 is 30.9 Å². The second-order valence-corrected chi connectivity index (χ2v) is 2.87. The molecule has 0 amide bonds. The first-order valence-corrected chi connectivity index (χ1v) is 3.04. The molecule has 0 N–H and O–H groups in total. The van der Waals surface area contributed by atoms with Gasteiger partial charge in [-0.2, -0.15) is 0 Å². The van der Waals surface area contributed by atoms with Gasteiger partial charge < -0.3 is 0 Å². The van der Waals surface area contributed by atoms with Gasteiger partial charge in [-0.3, -0.25) is 0 Å². The zero-order valence-electron chi connectivity index (χ0n) is 3.72. The molecule has 0 aromatic carbocycles. The number of halogens is 6. The minimum absolute atomic E-state index is 0. The van der Waals surface area contributed by atoms with Gasteiger partial charge in [0, 0.05) is 0 Å². The molecule has 0 aromatic heterocycles. The van der Waals surface area contributed by atoms with E-state index in [9.17, 15) is 25.2 Å². The summed E-state index contributed by atoms with van der Waals surface area (Å²) in [5.41, 5.74) is 0. The summed E-state index contributed by atoms with van der Waals surface area (Å²) in [5.74, 6) is 0. The van der Waals surface area contributed by atoms with Crippen LogP contribution in [0.15, 0.2) is 0 Å². The molecule has 52 valence electrons. The van der Waals surface area contributed by atoms with Crippen LogP contribution in [0.2, 0.25) is 0 Å². The summed E-state index contributed by atoms with van der Waals surface area (Å²) in [5, 5.41) is 0. The van der Waals surface area contributed by atoms with Crippen molar-refractivity contribution in [2.45, 2.75) is 0 Å². The van der Waals surface area contributed by atoms with Crippen molar-refractivity contribution in [1.82, 2.24) is 0 Å². The maximum Gasteiger partial charge on any atom is 1.00 e. The van der Waals surface area contributed by atoms with Gasteiger partial charge in [-0.05, 0) is 0 Å². The van der Waals surface area contributed by atoms with E-state index in [1.165, 1.54) is 0 Å². The first-order valence-electron chi connectivity index (χ1n) is 1.01. The van der Waals surface area contributed by atoms with Gasteiger partial charge in [0.15, 0.2) is 0 Å². The van der Waals surface area contributed by atoms with E-state index in [2.05, 4.69) is 0 Å². The maximum atomic E-state index is 9.87. The van der Waals surface area contributed by atoms with Gasteiger partial charge in [0.1, 0.15) is 0 Å². The van der Waals surface area contributed by atoms with Gasteiger partial charge >= 0.3 is 107 Å². The van der Waals surface area contributed by atoms with Crippen LogP contribution in [0.1, 0.15) is 0 Å². The molecule has 0 spiro atoms. The maximum absolute atomic E-state index is 10.7. The van der Waals surface area contributed by atoms with Gasteiger partial charge in [-0.1, -0.05) is 0 Å². The van der Waals surface area contributed by atoms with Gasteiger partial charge in [-0.25, -0.2) is 0 Å². The van der Waals surface area contributed by atoms with Crippen molar-refractivity contribution in [2.24, 2.45) is 0 Å². The van der Waals surface area contributed by atoms with Crippen molar-refractivity contribution in [3.8, 4) is 0 Å². The van der Waals surface area contributed by atoms with Crippen molar-refractivity contribution in [2.75, 3.05) is 0 Å². The Bertz CT molecular complexity index is 71.6. The first-order chi connectivity index (χ1) is 2.45. The average molecular weight is 210 g/mol. The number of hydrogen-bond donors (Lipinski definition) is 0. The summed E-state index contributed by atoms with van der Waals surface area (Å²) in [7, 11) is -10.7. The standard InChI is InChI=1S/F6P.K.Mg.2H/c1-7(2,3,4,5)6;;;;/q-1;+1;;;. The molecule has 0 aliphatic heterocycles. The number of rotatable bonds is 0. The summed E-state index contributed by atoms with van der Waals surface area (Å²) in [4.78, 5) is 0. The molecule has 0 saturated heterocycles. The van der Waals surface area contributed by atoms with E-state index in [1.54, 1.807) is 0 Å². The molecule has 0 aliphatic carbocycles. The van der Waals surface area contributed by atoms with Crippen LogP contribution in [0.5, 0.6) is 0 Å². The molecular formula is H2F6KMgP. The summed E-state index contributed by atoms with van der Waals surface area (Å²) < 4.78 is 59.2. The third kappa shape index (κ3) is 127. The van der Waals surface area contributed by atoms with Crippen LogP contribution in [-0.2, 0) is 0 Å². The normalized spacial score (nSPS) is 18.0. The van der Waals surface area contributed by atoms with Gasteiger partial charge in [0.25, 0.3) is 0 Å². The molecule has 0 saturated carbocycles. The second kappa shape index (κ2) is 3.04. The predicted octanol–water partition coefficient (Wildman–Crippen LogP) is -0.530. The van der Waals surface area contributed by atoms with Crippen LogP contribution in [0.3, 0.4) is 0 Å². The SMILES string of the molecule is F[P-](F)(F)(F)(F)F.[K+].[MgH2]. The molecule has 0 atom stereocenters. The predicted molar refractivity (Wildman–Crippen MR) is 22.1 cm³/mol. The summed E-state index contributed by atoms with van der Waals surface area (Å²) in [6, 6.07) is 0. The second-order valence-electron chi connectivity index (χ2n) is 0.958. The monoisotopic (exact) mass is 210 g/mol. The van der Waals surface area contributed by atoms with Gasteiger partial charge in [0.2, 0.25) is 0 Å². The van der Waals surface area contributed by atoms with Crippen molar-refractivity contribution in [3.05, 3.63) is 0 Å². The smallest absolute Gasteiger partial charge is 0.316 e. The third-order valence-electron chi connectivity index (χ3n) is 0. The molecule has 0 heterocycles. The Kier molecular flexibility index (Phi) is 5.91. The van der Waals surface area contributed by atoms with Gasteiger partial charge in [-0.15, -0.1) is 0 Å². The van der Waals surface area contributed by atoms with E-state index in [-0.39, 0.29) is 74.4 Å². The molecule has 0 radical (unpaired) electrons. The average Bonchev–Trinajstić information content (AvgIpc) is 0.592. The van der Waals surface area contributed by atoms with Gasteiger partial charge in [0.05, 0.1) is 0 Å². The molecule has 0 aliphatic rings. The van der Waals surface area contributed by atoms with Crippen LogP contribution in [-0.4, -0.2) is 23.1 Å². The fourth-order valence-corrected chi connectivity index (χ4v) is 0. The van der Waals surface area contributed by atoms with E-state index >= 15 is 0 Å². The van der Waals surface area contributed by atoms with Crippen LogP contribution in [0.4, 0.5) is 25.2 Å². The molecular weight excluding hydrogens is 208 g/mol. The zero-order valence-corrected chi connectivity index (χ0v) is 7.73. The van der Waals surface area contributed by atoms with Crippen LogP contribution in [0.25, 0.3) is 0 Å². The summed E-state index contributed by atoms with van der Waals surface area (Å²) in [6.07, 6.45) is 0. The third-order valence-corrected chi connectivity index (χ3v) is 0. The molecule has 0 fully saturated rings. The van der Waals surface area contributed by atoms with E-state index in [0.29, 0.717) is 0 Å². The van der Waals surface area contributed by atoms with Crippen molar-refractivity contribution in [1.29, 1.82) is 0 Å². The van der Waals surface area contributed by atoms with E-state index in [1.807, 2.05) is 0 Å². The van der Waals surface area contributed by atoms with Crippen molar-refractivity contribution in [3.63, 3.8) is 0 Å². The Labute approximate surface area is 106 Å². The van der Waals surface area contributed by atoms with Crippen LogP contribution in [0, 0.1) is 0 Å². The quantitative estimate of drug-likeness (QED) is 0.286. The minimum atomic E-state index is -10.7. The van der Waals surface area contributed by atoms with E-state index in [0.717, 1.165) is 0 Å². The molecule has 0 nitrogen and oxygen atoms in total. The Morgan fingerprint density at radius 1 is 0.667 bits per heavy atom. The summed E-state index contributed by atoms with van der Waals surface area (Å²) in [6.45, 7) is 0. The molecule has 9 heavy (non-hydrogen) atoms. The largest absolute Gasteiger partial charge is 1.00 e. The Morgan fingerprint density at radius 3 is 0.667 bits per heavy atom. The van der Waals surface area contributed by atoms with E-state index < -0.39 is 7.81 Å². The molecule has 0 unspecified atom stereocenters. The Morgan fingerprint density at radius 2 is 0.667 bits per heavy atom. The topological polar surface area (TPSA) is 0 Å². The fraction of sp³-hybridized carbons (Fsp3) is 0. The van der Waals surface area contributed by atoms with Crippen LogP contribution >= 0.6 is 7.81 Å². The zero-order chi connectivity index (χ0) is 6.41. The Balaban J connectivity index is -0.000000180. The summed E-state index contributed by atoms with van der Waals surface area (Å²) >= 11 is 0. The number of hydrogen-bond acceptors (Lipinski definition) is 0. The van der Waals surface area contributed by atoms with Crippen molar-refractivity contribution < 1.29 is 76.6 Å².